The van der Waals surface area contributed by atoms with Crippen LogP contribution < -0.4 is 10.2 Å². The van der Waals surface area contributed by atoms with Crippen molar-refractivity contribution < 1.29 is 18.7 Å². The fourth-order valence-electron chi connectivity index (χ4n) is 4.62. The summed E-state index contributed by atoms with van der Waals surface area (Å²) >= 11 is 0. The van der Waals surface area contributed by atoms with Crippen molar-refractivity contribution in [1.29, 1.82) is 0 Å². The van der Waals surface area contributed by atoms with E-state index in [0.29, 0.717) is 24.5 Å². The van der Waals surface area contributed by atoms with Crippen molar-refractivity contribution in [3.63, 3.8) is 0 Å². The minimum Gasteiger partial charge on any atom is -0.378 e. The van der Waals surface area contributed by atoms with Crippen molar-refractivity contribution in [3.8, 4) is 0 Å². The molecule has 0 aromatic heterocycles. The molecule has 194 valence electrons. The van der Waals surface area contributed by atoms with Gasteiger partial charge in [-0.3, -0.25) is 9.59 Å². The van der Waals surface area contributed by atoms with Crippen molar-refractivity contribution in [3.05, 3.63) is 95.8 Å². The number of nitrogens with one attached hydrogen (secondary N) is 1. The van der Waals surface area contributed by atoms with Crippen molar-refractivity contribution in [2.24, 2.45) is 5.92 Å². The first kappa shape index (κ1) is 26.4. The summed E-state index contributed by atoms with van der Waals surface area (Å²) in [6, 6.07) is 22.7. The van der Waals surface area contributed by atoms with E-state index in [1.165, 1.54) is 11.0 Å². The molecule has 4 rings (SSSR count). The van der Waals surface area contributed by atoms with Crippen molar-refractivity contribution in [1.82, 2.24) is 4.90 Å². The van der Waals surface area contributed by atoms with Gasteiger partial charge in [0, 0.05) is 36.6 Å². The molecule has 0 aliphatic carbocycles. The molecule has 1 aliphatic heterocycles. The maximum absolute atomic E-state index is 14.6. The van der Waals surface area contributed by atoms with Crippen LogP contribution in [0.25, 0.3) is 0 Å². The molecule has 1 unspecified atom stereocenters. The Labute approximate surface area is 218 Å². The number of carbonyl (C=O) groups excluding carboxylic acids is 2. The predicted octanol–water partition coefficient (Wildman–Crippen LogP) is 4.90. The van der Waals surface area contributed by atoms with E-state index in [1.54, 1.807) is 18.2 Å². The average Bonchev–Trinajstić information content (AvgIpc) is 2.90. The molecule has 0 bridgehead atoms. The van der Waals surface area contributed by atoms with E-state index in [2.05, 4.69) is 10.2 Å². The van der Waals surface area contributed by atoms with Gasteiger partial charge in [0.1, 0.15) is 11.9 Å². The van der Waals surface area contributed by atoms with Gasteiger partial charge in [0.2, 0.25) is 11.8 Å². The molecule has 1 heterocycles. The zero-order valence-electron chi connectivity index (χ0n) is 21.4. The molecule has 1 fully saturated rings. The Kier molecular flexibility index (Phi) is 8.90. The minimum atomic E-state index is -0.783. The Bertz CT molecular complexity index is 1180. The summed E-state index contributed by atoms with van der Waals surface area (Å²) in [5, 5.41) is 2.98. The van der Waals surface area contributed by atoms with Crippen LogP contribution in [-0.4, -0.2) is 49.1 Å². The Morgan fingerprint density at radius 2 is 1.59 bits per heavy atom. The summed E-state index contributed by atoms with van der Waals surface area (Å²) in [5.41, 5.74) is 2.93. The van der Waals surface area contributed by atoms with Crippen LogP contribution in [0.15, 0.2) is 78.9 Å². The number of morpholine rings is 1. The molecule has 6 nitrogen and oxygen atoms in total. The Hall–Kier alpha value is -3.71. The van der Waals surface area contributed by atoms with Crippen molar-refractivity contribution >= 4 is 23.2 Å². The van der Waals surface area contributed by atoms with Gasteiger partial charge >= 0.3 is 0 Å². The molecule has 1 N–H and O–H groups in total. The third-order valence-corrected chi connectivity index (χ3v) is 6.56. The van der Waals surface area contributed by atoms with Crippen LogP contribution in [0.5, 0.6) is 0 Å². The van der Waals surface area contributed by atoms with Crippen LogP contribution >= 0.6 is 0 Å². The molecule has 0 spiro atoms. The number of ether oxygens (including phenoxy) is 1. The third-order valence-electron chi connectivity index (χ3n) is 6.56. The standard InChI is InChI=1S/C30H34FN3O3/c1-22(2)29(30(36)32-25-12-14-26(15-13-25)33-16-18-37-19-17-33)34(21-24-10-6-7-11-27(24)31)28(35)20-23-8-4-3-5-9-23/h3-15,22,29H,16-21H2,1-2H3,(H,32,36). The largest absolute Gasteiger partial charge is 0.378 e. The number of benzene rings is 3. The quantitative estimate of drug-likeness (QED) is 0.451. The number of carbonyl (C=O) groups is 2. The van der Waals surface area contributed by atoms with E-state index >= 15 is 0 Å². The van der Waals surface area contributed by atoms with Crippen LogP contribution in [-0.2, 0) is 27.3 Å². The maximum atomic E-state index is 14.6. The van der Waals surface area contributed by atoms with Crippen LogP contribution in [0.4, 0.5) is 15.8 Å². The fourth-order valence-corrected chi connectivity index (χ4v) is 4.62. The second-order valence-corrected chi connectivity index (χ2v) is 9.60. The van der Waals surface area contributed by atoms with E-state index in [4.69, 9.17) is 4.74 Å². The average molecular weight is 504 g/mol. The first-order valence-electron chi connectivity index (χ1n) is 12.7. The van der Waals surface area contributed by atoms with Gasteiger partial charge in [-0.15, -0.1) is 0 Å². The smallest absolute Gasteiger partial charge is 0.247 e. The van der Waals surface area contributed by atoms with Gasteiger partial charge in [0.05, 0.1) is 19.6 Å². The zero-order chi connectivity index (χ0) is 26.2. The summed E-state index contributed by atoms with van der Waals surface area (Å²) in [4.78, 5) is 30.9. The first-order valence-corrected chi connectivity index (χ1v) is 12.7. The molecule has 1 aliphatic rings. The molecule has 0 radical (unpaired) electrons. The monoisotopic (exact) mass is 503 g/mol. The number of anilines is 2. The molecule has 3 aromatic rings. The molecule has 0 saturated carbocycles. The highest BCUT2D eigenvalue weighted by molar-refractivity contribution is 5.97. The highest BCUT2D eigenvalue weighted by Crippen LogP contribution is 2.23. The predicted molar refractivity (Wildman–Crippen MR) is 144 cm³/mol. The van der Waals surface area contributed by atoms with E-state index < -0.39 is 11.9 Å². The third kappa shape index (κ3) is 6.95. The Balaban J connectivity index is 1.55. The summed E-state index contributed by atoms with van der Waals surface area (Å²) < 4.78 is 20.0. The van der Waals surface area contributed by atoms with Crippen LogP contribution in [0, 0.1) is 11.7 Å². The molecule has 7 heteroatoms. The molecular formula is C30H34FN3O3. The number of hydrogen-bond acceptors (Lipinski definition) is 4. The number of nitrogens with zero attached hydrogens (tertiary/aromatic N) is 2. The Morgan fingerprint density at radius 1 is 0.946 bits per heavy atom. The lowest BCUT2D eigenvalue weighted by molar-refractivity contribution is -0.140. The number of halogens is 1. The molecular weight excluding hydrogens is 469 g/mol. The lowest BCUT2D eigenvalue weighted by Gasteiger charge is -2.34. The molecule has 1 saturated heterocycles. The topological polar surface area (TPSA) is 61.9 Å². The van der Waals surface area contributed by atoms with E-state index in [1.807, 2.05) is 68.4 Å². The lowest BCUT2D eigenvalue weighted by Crippen LogP contribution is -2.50. The zero-order valence-corrected chi connectivity index (χ0v) is 21.4. The molecule has 2 amide bonds. The summed E-state index contributed by atoms with van der Waals surface area (Å²) in [6.07, 6.45) is 0.125. The van der Waals surface area contributed by atoms with Gasteiger partial charge in [0.25, 0.3) is 0 Å². The second kappa shape index (κ2) is 12.5. The SMILES string of the molecule is CC(C)C(C(=O)Nc1ccc(N2CCOCC2)cc1)N(Cc1ccccc1F)C(=O)Cc1ccccc1. The van der Waals surface area contributed by atoms with Crippen LogP contribution in [0.1, 0.15) is 25.0 Å². The van der Waals surface area contributed by atoms with E-state index in [0.717, 1.165) is 24.3 Å². The second-order valence-electron chi connectivity index (χ2n) is 9.60. The minimum absolute atomic E-state index is 0.00454. The van der Waals surface area contributed by atoms with Crippen molar-refractivity contribution in [2.75, 3.05) is 36.5 Å². The molecule has 3 aromatic carbocycles. The lowest BCUT2D eigenvalue weighted by atomic mass is 9.99. The van der Waals surface area contributed by atoms with Gasteiger partial charge in [-0.05, 0) is 41.8 Å². The maximum Gasteiger partial charge on any atom is 0.247 e. The highest BCUT2D eigenvalue weighted by atomic mass is 19.1. The van der Waals surface area contributed by atoms with Gasteiger partial charge in [0.15, 0.2) is 0 Å². The number of amides is 2. The summed E-state index contributed by atoms with van der Waals surface area (Å²) in [5.74, 6) is -1.13. The van der Waals surface area contributed by atoms with E-state index in [-0.39, 0.29) is 30.7 Å². The fraction of sp³-hybridized carbons (Fsp3) is 0.333. The van der Waals surface area contributed by atoms with Crippen molar-refractivity contribution in [2.45, 2.75) is 32.9 Å². The first-order chi connectivity index (χ1) is 17.9. The summed E-state index contributed by atoms with van der Waals surface area (Å²) in [7, 11) is 0. The van der Waals surface area contributed by atoms with Gasteiger partial charge < -0.3 is 19.9 Å². The van der Waals surface area contributed by atoms with Gasteiger partial charge in [-0.25, -0.2) is 4.39 Å². The van der Waals surface area contributed by atoms with E-state index in [9.17, 15) is 14.0 Å². The van der Waals surface area contributed by atoms with Crippen LogP contribution in [0.3, 0.4) is 0 Å². The molecule has 1 atom stereocenters. The number of hydrogen-bond donors (Lipinski definition) is 1. The summed E-state index contributed by atoms with van der Waals surface area (Å²) in [6.45, 7) is 6.86. The number of rotatable bonds is 9. The Morgan fingerprint density at radius 3 is 2.24 bits per heavy atom. The van der Waals surface area contributed by atoms with Gasteiger partial charge in [-0.1, -0.05) is 62.4 Å². The normalized spacial score (nSPS) is 14.3. The van der Waals surface area contributed by atoms with Gasteiger partial charge in [-0.2, -0.15) is 0 Å². The van der Waals surface area contributed by atoms with Crippen LogP contribution in [0.2, 0.25) is 0 Å². The molecule has 37 heavy (non-hydrogen) atoms. The highest BCUT2D eigenvalue weighted by Gasteiger charge is 2.33.